The minimum Gasteiger partial charge on any atom is -0.462 e. The lowest BCUT2D eigenvalue weighted by molar-refractivity contribution is -0.166. The molecule has 0 aliphatic heterocycles. The van der Waals surface area contributed by atoms with Crippen LogP contribution in [0.3, 0.4) is 0 Å². The van der Waals surface area contributed by atoms with E-state index < -0.39 is 6.10 Å². The Morgan fingerprint density at radius 2 is 0.672 bits per heavy atom. The van der Waals surface area contributed by atoms with Crippen molar-refractivity contribution in [1.82, 2.24) is 0 Å². The van der Waals surface area contributed by atoms with Crippen molar-refractivity contribution >= 4 is 17.9 Å². The lowest BCUT2D eigenvalue weighted by Crippen LogP contribution is -2.30. The third kappa shape index (κ3) is 48.3. The average molecular weight is 881 g/mol. The summed E-state index contributed by atoms with van der Waals surface area (Å²) in [4.78, 5) is 37.9. The molecular weight excluding hydrogens is 793 g/mol. The van der Waals surface area contributed by atoms with Crippen LogP contribution in [-0.2, 0) is 28.6 Å². The zero-order valence-corrected chi connectivity index (χ0v) is 40.5. The van der Waals surface area contributed by atoms with E-state index >= 15 is 0 Å². The molecule has 0 amide bonds. The molecule has 356 valence electrons. The molecule has 0 spiro atoms. The SMILES string of the molecule is CC/C=C/C=C/C=C/C=C/CCCCCC(=O)OCC(COC(=O)CC/C=C/C/C=C/C/C=C/C/C=C/C/C=C/C/C=C/CC)OC(=O)CCCCCCCCC/C=C/C/C=C/CC. The number of carbonyl (C=O) groups excluding carboxylic acids is 3. The molecule has 0 bridgehead atoms. The van der Waals surface area contributed by atoms with Crippen molar-refractivity contribution < 1.29 is 28.6 Å². The molecule has 0 rings (SSSR count). The van der Waals surface area contributed by atoms with E-state index in [1.54, 1.807) is 0 Å². The van der Waals surface area contributed by atoms with Crippen LogP contribution in [0.5, 0.6) is 0 Å². The minimum absolute atomic E-state index is 0.132. The van der Waals surface area contributed by atoms with Gasteiger partial charge in [0.1, 0.15) is 13.2 Å². The Morgan fingerprint density at radius 1 is 0.328 bits per heavy atom. The van der Waals surface area contributed by atoms with Gasteiger partial charge in [0.25, 0.3) is 0 Å². The van der Waals surface area contributed by atoms with Gasteiger partial charge < -0.3 is 14.2 Å². The molecule has 0 saturated heterocycles. The van der Waals surface area contributed by atoms with Crippen molar-refractivity contribution in [2.75, 3.05) is 13.2 Å². The van der Waals surface area contributed by atoms with Crippen molar-refractivity contribution in [2.45, 2.75) is 187 Å². The van der Waals surface area contributed by atoms with Gasteiger partial charge in [0.2, 0.25) is 0 Å². The Hall–Kier alpha value is -4.71. The van der Waals surface area contributed by atoms with Gasteiger partial charge in [-0.1, -0.05) is 205 Å². The summed E-state index contributed by atoms with van der Waals surface area (Å²) in [6.45, 7) is 6.14. The van der Waals surface area contributed by atoms with Gasteiger partial charge >= 0.3 is 17.9 Å². The molecule has 0 saturated carbocycles. The summed E-state index contributed by atoms with van der Waals surface area (Å²) < 4.78 is 16.7. The first-order valence-corrected chi connectivity index (χ1v) is 24.9. The smallest absolute Gasteiger partial charge is 0.306 e. The third-order valence-corrected chi connectivity index (χ3v) is 9.68. The molecule has 0 N–H and O–H groups in total. The second-order valence-corrected chi connectivity index (χ2v) is 15.7. The van der Waals surface area contributed by atoms with Crippen LogP contribution in [0.1, 0.15) is 181 Å². The molecule has 6 heteroatoms. The summed E-state index contributed by atoms with van der Waals surface area (Å²) in [6, 6.07) is 0. The van der Waals surface area contributed by atoms with E-state index in [-0.39, 0.29) is 44.0 Å². The standard InChI is InChI=1S/C58H88O6/c1-4-7-10-13-16-19-22-25-27-28-29-30-31-34-36-39-42-45-48-51-57(60)63-54-55(53-62-56(59)50-47-44-41-38-35-32-24-21-18-15-12-9-6-3)64-58(61)52-49-46-43-40-37-33-26-23-20-17-14-11-8-5-2/h7-12,15-21,24-25,27,29-30,32,34-36,42,45,55H,4-6,13-14,22-23,26,28,31,33,37-41,43-44,46-54H2,1-3H3/b10-7+,11-8+,12-9+,18-15+,19-16+,20-17+,24-21+,27-25+,30-29+,35-32+,36-34+,45-42+. The zero-order chi connectivity index (χ0) is 46.5. The fraction of sp³-hybridized carbons (Fsp3) is 0.534. The first kappa shape index (κ1) is 59.3. The molecule has 0 aromatic heterocycles. The van der Waals surface area contributed by atoms with E-state index in [4.69, 9.17) is 14.2 Å². The maximum Gasteiger partial charge on any atom is 0.306 e. The summed E-state index contributed by atoms with van der Waals surface area (Å²) in [5, 5.41) is 0. The lowest BCUT2D eigenvalue weighted by atomic mass is 10.1. The van der Waals surface area contributed by atoms with Crippen LogP contribution in [0.15, 0.2) is 146 Å². The summed E-state index contributed by atoms with van der Waals surface area (Å²) >= 11 is 0. The van der Waals surface area contributed by atoms with E-state index in [0.717, 1.165) is 116 Å². The van der Waals surface area contributed by atoms with Gasteiger partial charge in [-0.05, 0) is 103 Å². The number of unbranched alkanes of at least 4 members (excludes halogenated alkanes) is 10. The molecule has 6 nitrogen and oxygen atoms in total. The van der Waals surface area contributed by atoms with Gasteiger partial charge in [0, 0.05) is 19.3 Å². The fourth-order valence-corrected chi connectivity index (χ4v) is 6.04. The minimum atomic E-state index is -0.835. The first-order valence-electron chi connectivity index (χ1n) is 24.9. The van der Waals surface area contributed by atoms with Gasteiger partial charge in [-0.2, -0.15) is 0 Å². The summed E-state index contributed by atoms with van der Waals surface area (Å²) in [7, 11) is 0. The van der Waals surface area contributed by atoms with Crippen molar-refractivity contribution in [1.29, 1.82) is 0 Å². The highest BCUT2D eigenvalue weighted by molar-refractivity contribution is 5.71. The first-order chi connectivity index (χ1) is 31.5. The maximum absolute atomic E-state index is 12.8. The predicted molar refractivity (Wildman–Crippen MR) is 274 cm³/mol. The van der Waals surface area contributed by atoms with Crippen LogP contribution in [-0.4, -0.2) is 37.2 Å². The van der Waals surface area contributed by atoms with Crippen LogP contribution < -0.4 is 0 Å². The largest absolute Gasteiger partial charge is 0.462 e. The summed E-state index contributed by atoms with van der Waals surface area (Å²) in [6.07, 6.45) is 72.7. The Morgan fingerprint density at radius 3 is 1.17 bits per heavy atom. The normalized spacial score (nSPS) is 13.4. The molecule has 1 unspecified atom stereocenters. The van der Waals surface area contributed by atoms with E-state index in [1.165, 1.54) is 19.3 Å². The highest BCUT2D eigenvalue weighted by atomic mass is 16.6. The molecule has 0 fully saturated rings. The second-order valence-electron chi connectivity index (χ2n) is 15.7. The molecule has 64 heavy (non-hydrogen) atoms. The van der Waals surface area contributed by atoms with Crippen LogP contribution in [0.4, 0.5) is 0 Å². The highest BCUT2D eigenvalue weighted by Gasteiger charge is 2.19. The lowest BCUT2D eigenvalue weighted by Gasteiger charge is -2.18. The number of allylic oxidation sites excluding steroid dienone is 24. The summed E-state index contributed by atoms with van der Waals surface area (Å²) in [5.41, 5.74) is 0. The molecule has 0 heterocycles. The monoisotopic (exact) mass is 881 g/mol. The fourth-order valence-electron chi connectivity index (χ4n) is 6.04. The molecular formula is C58H88O6. The molecule has 0 radical (unpaired) electrons. The Balaban J connectivity index is 4.59. The van der Waals surface area contributed by atoms with Gasteiger partial charge in [0.05, 0.1) is 0 Å². The third-order valence-electron chi connectivity index (χ3n) is 9.68. The molecule has 0 aliphatic carbocycles. The number of hydrogen-bond acceptors (Lipinski definition) is 6. The number of rotatable bonds is 42. The second kappa shape index (κ2) is 50.9. The average Bonchev–Trinajstić information content (AvgIpc) is 3.29. The summed E-state index contributed by atoms with van der Waals surface area (Å²) in [5.74, 6) is -1.08. The van der Waals surface area contributed by atoms with E-state index in [2.05, 4.69) is 118 Å². The highest BCUT2D eigenvalue weighted by Crippen LogP contribution is 2.12. The van der Waals surface area contributed by atoms with Crippen molar-refractivity contribution in [3.05, 3.63) is 146 Å². The Labute approximate surface area is 391 Å². The quantitative estimate of drug-likeness (QED) is 0.0200. The van der Waals surface area contributed by atoms with Gasteiger partial charge in [0.15, 0.2) is 6.10 Å². The Kier molecular flexibility index (Phi) is 47.2. The van der Waals surface area contributed by atoms with Gasteiger partial charge in [-0.3, -0.25) is 14.4 Å². The number of ether oxygens (including phenoxy) is 3. The molecule has 1 atom stereocenters. The van der Waals surface area contributed by atoms with Crippen LogP contribution in [0.2, 0.25) is 0 Å². The van der Waals surface area contributed by atoms with Gasteiger partial charge in [-0.25, -0.2) is 0 Å². The number of carbonyl (C=O) groups is 3. The number of esters is 3. The maximum atomic E-state index is 12.8. The van der Waals surface area contributed by atoms with E-state index in [9.17, 15) is 14.4 Å². The van der Waals surface area contributed by atoms with Gasteiger partial charge in [-0.15, -0.1) is 0 Å². The molecule has 0 aromatic carbocycles. The molecule has 0 aromatic rings. The van der Waals surface area contributed by atoms with Crippen molar-refractivity contribution in [3.8, 4) is 0 Å². The van der Waals surface area contributed by atoms with E-state index in [1.807, 2.05) is 48.6 Å². The van der Waals surface area contributed by atoms with Crippen LogP contribution >= 0.6 is 0 Å². The van der Waals surface area contributed by atoms with Crippen LogP contribution in [0.25, 0.3) is 0 Å². The predicted octanol–water partition coefficient (Wildman–Crippen LogP) is 16.5. The topological polar surface area (TPSA) is 78.9 Å². The van der Waals surface area contributed by atoms with Crippen LogP contribution in [0, 0.1) is 0 Å². The Bertz CT molecular complexity index is 1480. The van der Waals surface area contributed by atoms with Crippen molar-refractivity contribution in [2.24, 2.45) is 0 Å². The van der Waals surface area contributed by atoms with E-state index in [0.29, 0.717) is 12.8 Å². The zero-order valence-electron chi connectivity index (χ0n) is 40.5. The molecule has 0 aliphatic rings. The number of hydrogen-bond donors (Lipinski definition) is 0. The van der Waals surface area contributed by atoms with Crippen molar-refractivity contribution in [3.63, 3.8) is 0 Å².